The molecule has 1 aromatic carbocycles. The first-order chi connectivity index (χ1) is 9.78. The van der Waals surface area contributed by atoms with Crippen molar-refractivity contribution in [1.82, 2.24) is 15.3 Å². The maximum Gasteiger partial charge on any atom is 0.239 e. The highest BCUT2D eigenvalue weighted by molar-refractivity contribution is 5.80. The van der Waals surface area contributed by atoms with Gasteiger partial charge in [0.05, 0.1) is 18.9 Å². The van der Waals surface area contributed by atoms with Crippen LogP contribution in [0.15, 0.2) is 42.7 Å². The zero-order valence-electron chi connectivity index (χ0n) is 10.7. The van der Waals surface area contributed by atoms with Crippen molar-refractivity contribution in [3.05, 3.63) is 54.0 Å². The van der Waals surface area contributed by atoms with Gasteiger partial charge in [-0.1, -0.05) is 30.3 Å². The van der Waals surface area contributed by atoms with Crippen LogP contribution in [-0.4, -0.2) is 22.4 Å². The van der Waals surface area contributed by atoms with E-state index in [1.165, 1.54) is 12.4 Å². The van der Waals surface area contributed by atoms with Crippen molar-refractivity contribution in [3.8, 4) is 6.07 Å². The van der Waals surface area contributed by atoms with Gasteiger partial charge in [-0.3, -0.25) is 4.79 Å². The highest BCUT2D eigenvalue weighted by Gasteiger charge is 2.02. The molecule has 0 fully saturated rings. The van der Waals surface area contributed by atoms with E-state index in [1.54, 1.807) is 0 Å². The Morgan fingerprint density at radius 1 is 1.20 bits per heavy atom. The largest absolute Gasteiger partial charge is 0.360 e. The van der Waals surface area contributed by atoms with E-state index in [-0.39, 0.29) is 18.1 Å². The number of rotatable bonds is 5. The highest BCUT2D eigenvalue weighted by atomic mass is 16.1. The molecule has 2 rings (SSSR count). The number of hydrogen-bond donors (Lipinski definition) is 2. The second-order valence-electron chi connectivity index (χ2n) is 4.01. The van der Waals surface area contributed by atoms with Crippen molar-refractivity contribution < 1.29 is 4.79 Å². The number of amides is 1. The van der Waals surface area contributed by atoms with Gasteiger partial charge in [0.2, 0.25) is 5.91 Å². The molecular weight excluding hydrogens is 254 g/mol. The summed E-state index contributed by atoms with van der Waals surface area (Å²) < 4.78 is 0. The van der Waals surface area contributed by atoms with E-state index in [0.29, 0.717) is 12.4 Å². The Morgan fingerprint density at radius 3 is 2.65 bits per heavy atom. The van der Waals surface area contributed by atoms with Gasteiger partial charge in [0.1, 0.15) is 11.9 Å². The molecule has 0 aliphatic carbocycles. The SMILES string of the molecule is N#Cc1cnc(NCC(=O)NCc2ccccc2)cn1. The van der Waals surface area contributed by atoms with Gasteiger partial charge in [0.25, 0.3) is 0 Å². The van der Waals surface area contributed by atoms with E-state index in [9.17, 15) is 4.79 Å². The average Bonchev–Trinajstić information content (AvgIpc) is 2.52. The first-order valence-corrected chi connectivity index (χ1v) is 6.04. The van der Waals surface area contributed by atoms with Crippen molar-refractivity contribution in [1.29, 1.82) is 5.26 Å². The molecule has 1 heterocycles. The quantitative estimate of drug-likeness (QED) is 0.845. The van der Waals surface area contributed by atoms with Crippen LogP contribution in [0.1, 0.15) is 11.3 Å². The van der Waals surface area contributed by atoms with Crippen LogP contribution in [0.5, 0.6) is 0 Å². The lowest BCUT2D eigenvalue weighted by Gasteiger charge is -2.07. The Kier molecular flexibility index (Phi) is 4.62. The molecule has 2 aromatic rings. The number of aromatic nitrogens is 2. The highest BCUT2D eigenvalue weighted by Crippen LogP contribution is 2.00. The zero-order chi connectivity index (χ0) is 14.2. The summed E-state index contributed by atoms with van der Waals surface area (Å²) in [6, 6.07) is 11.5. The van der Waals surface area contributed by atoms with Crippen LogP contribution in [0, 0.1) is 11.3 Å². The lowest BCUT2D eigenvalue weighted by molar-refractivity contribution is -0.119. The van der Waals surface area contributed by atoms with Gasteiger partial charge in [0, 0.05) is 6.54 Å². The summed E-state index contributed by atoms with van der Waals surface area (Å²) in [5.41, 5.74) is 1.28. The molecule has 0 saturated heterocycles. The van der Waals surface area contributed by atoms with Gasteiger partial charge in [-0.25, -0.2) is 9.97 Å². The molecule has 6 heteroatoms. The van der Waals surface area contributed by atoms with Crippen LogP contribution in [0.25, 0.3) is 0 Å². The molecule has 0 bridgehead atoms. The summed E-state index contributed by atoms with van der Waals surface area (Å²) >= 11 is 0. The van der Waals surface area contributed by atoms with E-state index >= 15 is 0 Å². The number of hydrogen-bond acceptors (Lipinski definition) is 5. The van der Waals surface area contributed by atoms with E-state index in [1.807, 2.05) is 36.4 Å². The van der Waals surface area contributed by atoms with Crippen molar-refractivity contribution in [2.24, 2.45) is 0 Å². The van der Waals surface area contributed by atoms with Gasteiger partial charge in [-0.15, -0.1) is 0 Å². The number of carbonyl (C=O) groups is 1. The average molecular weight is 267 g/mol. The third-order valence-electron chi connectivity index (χ3n) is 2.53. The van der Waals surface area contributed by atoms with Gasteiger partial charge in [-0.2, -0.15) is 5.26 Å². The number of nitriles is 1. The molecule has 0 aliphatic rings. The lowest BCUT2D eigenvalue weighted by atomic mass is 10.2. The number of carbonyl (C=O) groups excluding carboxylic acids is 1. The summed E-state index contributed by atoms with van der Waals surface area (Å²) in [7, 11) is 0. The fourth-order valence-corrected chi connectivity index (χ4v) is 1.51. The Morgan fingerprint density at radius 2 is 2.00 bits per heavy atom. The van der Waals surface area contributed by atoms with Gasteiger partial charge >= 0.3 is 0 Å². The van der Waals surface area contributed by atoms with Crippen LogP contribution >= 0.6 is 0 Å². The molecule has 0 aliphatic heterocycles. The maximum atomic E-state index is 11.6. The third kappa shape index (κ3) is 4.07. The number of anilines is 1. The van der Waals surface area contributed by atoms with Crippen LogP contribution in [0.4, 0.5) is 5.82 Å². The Hall–Kier alpha value is -2.94. The molecule has 1 aromatic heterocycles. The molecule has 20 heavy (non-hydrogen) atoms. The fourth-order valence-electron chi connectivity index (χ4n) is 1.51. The van der Waals surface area contributed by atoms with E-state index in [4.69, 9.17) is 5.26 Å². The molecule has 0 unspecified atom stereocenters. The van der Waals surface area contributed by atoms with Crippen molar-refractivity contribution in [2.45, 2.75) is 6.54 Å². The van der Waals surface area contributed by atoms with Crippen molar-refractivity contribution >= 4 is 11.7 Å². The molecule has 1 amide bonds. The van der Waals surface area contributed by atoms with Gasteiger partial charge < -0.3 is 10.6 Å². The smallest absolute Gasteiger partial charge is 0.239 e. The summed E-state index contributed by atoms with van der Waals surface area (Å²) in [5, 5.41) is 14.2. The molecular formula is C14H13N5O. The minimum Gasteiger partial charge on any atom is -0.360 e. The summed E-state index contributed by atoms with van der Waals surface area (Å²) in [4.78, 5) is 19.5. The molecule has 100 valence electrons. The van der Waals surface area contributed by atoms with Crippen molar-refractivity contribution in [3.63, 3.8) is 0 Å². The number of nitrogens with one attached hydrogen (secondary N) is 2. The minimum absolute atomic E-state index is 0.105. The lowest BCUT2D eigenvalue weighted by Crippen LogP contribution is -2.29. The third-order valence-corrected chi connectivity index (χ3v) is 2.53. The molecule has 6 nitrogen and oxygen atoms in total. The number of nitrogens with zero attached hydrogens (tertiary/aromatic N) is 3. The van der Waals surface area contributed by atoms with Crippen LogP contribution < -0.4 is 10.6 Å². The van der Waals surface area contributed by atoms with Gasteiger partial charge in [0.15, 0.2) is 5.69 Å². The van der Waals surface area contributed by atoms with Crippen LogP contribution in [0.2, 0.25) is 0 Å². The summed E-state index contributed by atoms with van der Waals surface area (Å²) in [6.45, 7) is 0.591. The van der Waals surface area contributed by atoms with E-state index in [0.717, 1.165) is 5.56 Å². The molecule has 0 saturated carbocycles. The molecule has 0 atom stereocenters. The molecule has 2 N–H and O–H groups in total. The van der Waals surface area contributed by atoms with E-state index < -0.39 is 0 Å². The predicted octanol–water partition coefficient (Wildman–Crippen LogP) is 1.08. The zero-order valence-corrected chi connectivity index (χ0v) is 10.7. The Labute approximate surface area is 116 Å². The minimum atomic E-state index is -0.139. The monoisotopic (exact) mass is 267 g/mol. The molecule has 0 spiro atoms. The standard InChI is InChI=1S/C14H13N5O/c15-6-12-8-17-13(9-16-12)18-10-14(20)19-7-11-4-2-1-3-5-11/h1-5,8-9H,7,10H2,(H,17,18)(H,19,20). The van der Waals surface area contributed by atoms with Crippen molar-refractivity contribution in [2.75, 3.05) is 11.9 Å². The van der Waals surface area contributed by atoms with Gasteiger partial charge in [-0.05, 0) is 5.56 Å². The van der Waals surface area contributed by atoms with E-state index in [2.05, 4.69) is 20.6 Å². The first-order valence-electron chi connectivity index (χ1n) is 6.04. The maximum absolute atomic E-state index is 11.6. The second-order valence-corrected chi connectivity index (χ2v) is 4.01. The second kappa shape index (κ2) is 6.85. The fraction of sp³-hybridized carbons (Fsp3) is 0.143. The Balaban J connectivity index is 1.76. The Bertz CT molecular complexity index is 604. The van der Waals surface area contributed by atoms with Crippen LogP contribution in [-0.2, 0) is 11.3 Å². The normalized spacial score (nSPS) is 9.55. The topological polar surface area (TPSA) is 90.7 Å². The summed E-state index contributed by atoms with van der Waals surface area (Å²) in [6.07, 6.45) is 2.77. The predicted molar refractivity (Wildman–Crippen MR) is 73.5 cm³/mol. The molecule has 0 radical (unpaired) electrons. The first kappa shape index (κ1) is 13.5. The number of benzene rings is 1. The summed E-state index contributed by atoms with van der Waals surface area (Å²) in [5.74, 6) is 0.318. The van der Waals surface area contributed by atoms with Crippen LogP contribution in [0.3, 0.4) is 0 Å².